The second-order valence-electron chi connectivity index (χ2n) is 4.74. The Morgan fingerprint density at radius 3 is 2.91 bits per heavy atom. The molecule has 1 aliphatic heterocycles. The van der Waals surface area contributed by atoms with Gasteiger partial charge in [-0.15, -0.1) is 0 Å². The van der Waals surface area contributed by atoms with Crippen molar-refractivity contribution in [3.05, 3.63) is 12.7 Å². The summed E-state index contributed by atoms with van der Waals surface area (Å²) in [6.07, 6.45) is 0.173. The van der Waals surface area contributed by atoms with Crippen molar-refractivity contribution in [1.82, 2.24) is 19.5 Å². The molecule has 11 nitrogen and oxygen atoms in total. The maximum Gasteiger partial charge on any atom is 1.00 e. The Morgan fingerprint density at radius 2 is 2.26 bits per heavy atom. The molecule has 13 heteroatoms. The van der Waals surface area contributed by atoms with E-state index in [1.165, 1.54) is 17.2 Å². The quantitative estimate of drug-likeness (QED) is 0.360. The van der Waals surface area contributed by atoms with E-state index in [2.05, 4.69) is 19.5 Å². The number of fused-ring (bicyclic) bond motifs is 1. The molecule has 4 atom stereocenters. The van der Waals surface area contributed by atoms with Crippen molar-refractivity contribution >= 4 is 24.8 Å². The van der Waals surface area contributed by atoms with Crippen LogP contribution in [0.2, 0.25) is 0 Å². The predicted molar refractivity (Wildman–Crippen MR) is 70.0 cm³/mol. The van der Waals surface area contributed by atoms with Gasteiger partial charge in [0.25, 0.3) is 7.82 Å². The first-order chi connectivity index (χ1) is 10.4. The topological polar surface area (TPSA) is 169 Å². The number of nitrogen functional groups attached to an aromatic ring is 1. The Balaban J connectivity index is 0.00000192. The van der Waals surface area contributed by atoms with E-state index in [-0.39, 0.29) is 41.8 Å². The van der Waals surface area contributed by atoms with Gasteiger partial charge in [-0.2, -0.15) is 0 Å². The molecule has 2 aromatic rings. The molecule has 0 amide bonds. The molecule has 120 valence electrons. The monoisotopic (exact) mass is 353 g/mol. The minimum absolute atomic E-state index is 0. The molecule has 3 rings (SSSR count). The molecule has 3 heterocycles. The van der Waals surface area contributed by atoms with Crippen molar-refractivity contribution in [2.75, 3.05) is 12.3 Å². The van der Waals surface area contributed by atoms with Crippen LogP contribution in [0.25, 0.3) is 11.2 Å². The van der Waals surface area contributed by atoms with Gasteiger partial charge < -0.3 is 29.9 Å². The van der Waals surface area contributed by atoms with E-state index in [0.29, 0.717) is 11.2 Å². The summed E-state index contributed by atoms with van der Waals surface area (Å²) in [4.78, 5) is 31.6. The third-order valence-electron chi connectivity index (χ3n) is 3.33. The zero-order chi connectivity index (χ0) is 15.9. The largest absolute Gasteiger partial charge is 1.00 e. The minimum Gasteiger partial charge on any atom is -0.756 e. The number of phosphoric acid groups is 1. The second kappa shape index (κ2) is 7.09. The fourth-order valence-corrected chi connectivity index (χ4v) is 2.96. The molecule has 1 saturated heterocycles. The van der Waals surface area contributed by atoms with Gasteiger partial charge in [-0.3, -0.25) is 9.13 Å². The van der Waals surface area contributed by atoms with E-state index >= 15 is 0 Å². The van der Waals surface area contributed by atoms with E-state index in [9.17, 15) is 14.6 Å². The fraction of sp³-hybridized carbons (Fsp3) is 0.500. The molecular weight excluding hydrogens is 340 g/mol. The molecule has 4 N–H and O–H groups in total. The summed E-state index contributed by atoms with van der Waals surface area (Å²) in [6.45, 7) is -0.467. The normalized spacial score (nSPS) is 26.8. The van der Waals surface area contributed by atoms with Gasteiger partial charge in [0.15, 0.2) is 11.5 Å². The van der Waals surface area contributed by atoms with Crippen LogP contribution in [0.5, 0.6) is 0 Å². The number of aliphatic hydroxyl groups excluding tert-OH is 1. The summed E-state index contributed by atoms with van der Waals surface area (Å²) in [6, 6.07) is 0. The molecule has 0 saturated carbocycles. The Labute approximate surface area is 152 Å². The number of ether oxygens (including phenoxy) is 1. The number of aromatic nitrogens is 4. The molecular formula is C10H13N5NaO6P. The van der Waals surface area contributed by atoms with Crippen molar-refractivity contribution in [1.29, 1.82) is 0 Å². The third-order valence-corrected chi connectivity index (χ3v) is 3.86. The number of phosphoric ester groups is 1. The summed E-state index contributed by atoms with van der Waals surface area (Å²) < 4.78 is 22.5. The van der Waals surface area contributed by atoms with Crippen LogP contribution < -0.4 is 40.2 Å². The summed E-state index contributed by atoms with van der Waals surface area (Å²) >= 11 is 0. The molecule has 0 spiro atoms. The number of anilines is 1. The Bertz CT molecular complexity index is 738. The van der Waals surface area contributed by atoms with Crippen LogP contribution in [-0.4, -0.2) is 48.3 Å². The third kappa shape index (κ3) is 3.90. The van der Waals surface area contributed by atoms with Crippen molar-refractivity contribution in [2.45, 2.75) is 24.9 Å². The maximum absolute atomic E-state index is 10.9. The predicted octanol–water partition coefficient (Wildman–Crippen LogP) is -4.46. The molecule has 0 bridgehead atoms. The second-order valence-corrected chi connectivity index (χ2v) is 5.89. The molecule has 23 heavy (non-hydrogen) atoms. The SMILES string of the molecule is Nc1ncnc2c1ncn2C1CC(OP(=O)([O-])O)C(CO)O1.[Na+]. The van der Waals surface area contributed by atoms with Crippen molar-refractivity contribution in [3.63, 3.8) is 0 Å². The molecule has 4 unspecified atom stereocenters. The maximum atomic E-state index is 10.9. The van der Waals surface area contributed by atoms with Crippen LogP contribution in [0.15, 0.2) is 12.7 Å². The molecule has 0 aromatic carbocycles. The summed E-state index contributed by atoms with van der Waals surface area (Å²) in [7, 11) is -4.94. The fourth-order valence-electron chi connectivity index (χ4n) is 2.40. The summed E-state index contributed by atoms with van der Waals surface area (Å²) in [5, 5.41) is 9.26. The minimum atomic E-state index is -4.94. The van der Waals surface area contributed by atoms with E-state index in [1.807, 2.05) is 0 Å². The number of imidazole rings is 1. The van der Waals surface area contributed by atoms with Gasteiger partial charge in [0, 0.05) is 6.42 Å². The number of nitrogens with two attached hydrogens (primary N) is 1. The average molecular weight is 353 g/mol. The van der Waals surface area contributed by atoms with Crippen molar-refractivity contribution in [2.24, 2.45) is 0 Å². The molecule has 0 aliphatic carbocycles. The van der Waals surface area contributed by atoms with E-state index in [4.69, 9.17) is 15.4 Å². The first-order valence-electron chi connectivity index (χ1n) is 6.30. The van der Waals surface area contributed by atoms with Gasteiger partial charge in [-0.05, 0) is 0 Å². The van der Waals surface area contributed by atoms with Crippen LogP contribution in [0.4, 0.5) is 5.82 Å². The summed E-state index contributed by atoms with van der Waals surface area (Å²) in [5.41, 5.74) is 6.48. The van der Waals surface area contributed by atoms with E-state index in [0.717, 1.165) is 0 Å². The Kier molecular flexibility index (Phi) is 5.77. The van der Waals surface area contributed by atoms with Gasteiger partial charge in [-0.25, -0.2) is 15.0 Å². The van der Waals surface area contributed by atoms with Crippen molar-refractivity contribution in [3.8, 4) is 0 Å². The summed E-state index contributed by atoms with van der Waals surface area (Å²) in [5.74, 6) is 0.202. The zero-order valence-corrected chi connectivity index (χ0v) is 15.0. The van der Waals surface area contributed by atoms with E-state index in [1.54, 1.807) is 0 Å². The molecule has 1 fully saturated rings. The number of aliphatic hydroxyl groups is 1. The number of nitrogens with zero attached hydrogens (tertiary/aromatic N) is 4. The van der Waals surface area contributed by atoms with E-state index < -0.39 is 32.9 Å². The molecule has 2 aromatic heterocycles. The number of hydrogen-bond acceptors (Lipinski definition) is 9. The van der Waals surface area contributed by atoms with Crippen LogP contribution in [-0.2, 0) is 13.8 Å². The smallest absolute Gasteiger partial charge is 0.756 e. The van der Waals surface area contributed by atoms with Crippen LogP contribution >= 0.6 is 7.82 Å². The van der Waals surface area contributed by atoms with Gasteiger partial charge in [0.05, 0.1) is 19.0 Å². The standard InChI is InChI=1S/C10H14N5O6P.Na/c11-9-8-10(13-3-12-9)15(4-14-8)7-1-5(6(2-16)20-7)21-22(17,18)19;/h3-7,16H,1-2H2,(H2,11,12,13)(H2,17,18,19);/q;+1/p-1. The Hall–Kier alpha value is -0.620. The number of hydrogen-bond donors (Lipinski definition) is 3. The van der Waals surface area contributed by atoms with Crippen molar-refractivity contribution < 1.29 is 58.3 Å². The van der Waals surface area contributed by atoms with Gasteiger partial charge in [0.2, 0.25) is 0 Å². The first kappa shape index (κ1) is 18.7. The van der Waals surface area contributed by atoms with Crippen LogP contribution in [0.1, 0.15) is 12.6 Å². The molecule has 1 aliphatic rings. The van der Waals surface area contributed by atoms with Gasteiger partial charge in [0.1, 0.15) is 24.2 Å². The Morgan fingerprint density at radius 1 is 1.52 bits per heavy atom. The van der Waals surface area contributed by atoms with Gasteiger partial charge >= 0.3 is 29.6 Å². The first-order valence-corrected chi connectivity index (χ1v) is 7.80. The molecule has 0 radical (unpaired) electrons. The van der Waals surface area contributed by atoms with Crippen LogP contribution in [0.3, 0.4) is 0 Å². The van der Waals surface area contributed by atoms with Crippen LogP contribution in [0, 0.1) is 0 Å². The van der Waals surface area contributed by atoms with Gasteiger partial charge in [-0.1, -0.05) is 0 Å². The average Bonchev–Trinajstić information content (AvgIpc) is 3.01. The zero-order valence-electron chi connectivity index (χ0n) is 12.1. The number of rotatable bonds is 4.